The van der Waals surface area contributed by atoms with Crippen molar-refractivity contribution in [3.05, 3.63) is 156 Å². The van der Waals surface area contributed by atoms with E-state index in [1.165, 1.54) is 18.2 Å². The van der Waals surface area contributed by atoms with Gasteiger partial charge in [-0.2, -0.15) is 0 Å². The highest BCUT2D eigenvalue weighted by molar-refractivity contribution is 6.21. The summed E-state index contributed by atoms with van der Waals surface area (Å²) in [6, 6.07) is 30.3. The minimum atomic E-state index is -1.58. The molecule has 0 aromatic heterocycles. The molecule has 14 heteroatoms. The standard InChI is InChI=1S/C44H41NO13/c1-3-23-51-44-37(56-41(50)27-17-9-5-10-18-27)36(55-40(49)26-15-7-4-8-16-26)34(25(2)53-44)57-43-32(45-38(47)29-21-13-14-22-30(29)39(45)48)33(46)35-31(54-43)24-52-42(58-35)28-19-11-6-12-20-28/h3-22,25,31-37,42-44,46H,1,23-24H2,2H3/t25-,31+,32+,33+,34-,35+,36+,37+,42+,43-,44+/m0/s1. The van der Waals surface area contributed by atoms with Crippen LogP contribution in [0.2, 0.25) is 0 Å². The highest BCUT2D eigenvalue weighted by atomic mass is 16.8. The van der Waals surface area contributed by atoms with Crippen LogP contribution in [0.5, 0.6) is 0 Å². The molecule has 0 aliphatic carbocycles. The summed E-state index contributed by atoms with van der Waals surface area (Å²) >= 11 is 0. The van der Waals surface area contributed by atoms with Gasteiger partial charge < -0.3 is 43.0 Å². The van der Waals surface area contributed by atoms with Gasteiger partial charge in [-0.05, 0) is 43.3 Å². The first-order chi connectivity index (χ1) is 28.2. The quantitative estimate of drug-likeness (QED) is 0.127. The lowest BCUT2D eigenvalue weighted by Crippen LogP contribution is -2.69. The fourth-order valence-electron chi connectivity index (χ4n) is 7.63. The second-order valence-corrected chi connectivity index (χ2v) is 14.1. The third-order valence-corrected chi connectivity index (χ3v) is 10.4. The van der Waals surface area contributed by atoms with Crippen LogP contribution >= 0.6 is 0 Å². The molecule has 0 unspecified atom stereocenters. The largest absolute Gasteiger partial charge is 0.452 e. The Bertz CT molecular complexity index is 2080. The number of carbonyl (C=O) groups is 4. The fourth-order valence-corrected chi connectivity index (χ4v) is 7.63. The SMILES string of the molecule is C=CCO[C@@H]1O[C@@H](C)[C@H](O[C@@H]2O[C@@H]3CO[C@@H](c4ccccc4)O[C@H]3[C@H](O)[C@H]2N2C(=O)c3ccccc3C2=O)[C@@H](OC(=O)c2ccccc2)[C@H]1OC(=O)c1ccccc1. The fraction of sp³-hybridized carbons (Fsp3) is 0.318. The molecule has 8 rings (SSSR count). The molecule has 4 aromatic carbocycles. The van der Waals surface area contributed by atoms with Crippen LogP contribution in [-0.4, -0.2) is 108 Å². The molecule has 4 heterocycles. The molecule has 0 bridgehead atoms. The summed E-state index contributed by atoms with van der Waals surface area (Å²) in [5.41, 5.74) is 1.35. The molecule has 4 aliphatic heterocycles. The summed E-state index contributed by atoms with van der Waals surface area (Å²) in [6.07, 6.45) is -11.0. The summed E-state index contributed by atoms with van der Waals surface area (Å²) < 4.78 is 50.0. The molecule has 14 nitrogen and oxygen atoms in total. The predicted molar refractivity (Wildman–Crippen MR) is 202 cm³/mol. The van der Waals surface area contributed by atoms with Gasteiger partial charge in [0.1, 0.15) is 30.5 Å². The molecule has 4 aromatic rings. The van der Waals surface area contributed by atoms with E-state index in [-0.39, 0.29) is 35.5 Å². The third kappa shape index (κ3) is 7.71. The average molecular weight is 792 g/mol. The van der Waals surface area contributed by atoms with E-state index in [1.807, 2.05) is 30.3 Å². The maximum absolute atomic E-state index is 14.1. The van der Waals surface area contributed by atoms with Crippen LogP contribution in [0, 0.1) is 0 Å². The van der Waals surface area contributed by atoms with Gasteiger partial charge in [0.15, 0.2) is 31.1 Å². The number of aliphatic hydroxyl groups excluding tert-OH is 1. The van der Waals surface area contributed by atoms with Crippen LogP contribution < -0.4 is 0 Å². The number of esters is 2. The summed E-state index contributed by atoms with van der Waals surface area (Å²) in [5.74, 6) is -2.91. The van der Waals surface area contributed by atoms with Crippen molar-refractivity contribution in [3.63, 3.8) is 0 Å². The zero-order valence-corrected chi connectivity index (χ0v) is 31.3. The number of ether oxygens (including phenoxy) is 8. The smallest absolute Gasteiger partial charge is 0.338 e. The molecule has 2 amide bonds. The Balaban J connectivity index is 1.17. The first-order valence-electron chi connectivity index (χ1n) is 18.9. The number of carbonyl (C=O) groups excluding carboxylic acids is 4. The van der Waals surface area contributed by atoms with Crippen molar-refractivity contribution in [2.45, 2.75) is 74.6 Å². The monoisotopic (exact) mass is 791 g/mol. The van der Waals surface area contributed by atoms with E-state index in [0.29, 0.717) is 5.56 Å². The van der Waals surface area contributed by atoms with Crippen molar-refractivity contribution in [2.75, 3.05) is 13.2 Å². The number of nitrogens with zero attached hydrogens (tertiary/aromatic N) is 1. The molecular formula is C44H41NO13. The minimum absolute atomic E-state index is 0.0194. The van der Waals surface area contributed by atoms with Gasteiger partial charge in [0, 0.05) is 5.56 Å². The van der Waals surface area contributed by atoms with Crippen LogP contribution in [0.1, 0.15) is 60.2 Å². The molecule has 0 spiro atoms. The zero-order valence-electron chi connectivity index (χ0n) is 31.3. The molecule has 58 heavy (non-hydrogen) atoms. The van der Waals surface area contributed by atoms with E-state index in [4.69, 9.17) is 37.9 Å². The number of hydrogen-bond acceptors (Lipinski definition) is 13. The Morgan fingerprint density at radius 3 is 1.88 bits per heavy atom. The number of amides is 2. The number of benzene rings is 4. The van der Waals surface area contributed by atoms with Gasteiger partial charge >= 0.3 is 11.9 Å². The molecule has 4 aliphatic rings. The molecule has 3 saturated heterocycles. The Morgan fingerprint density at radius 1 is 0.741 bits per heavy atom. The molecule has 11 atom stereocenters. The Morgan fingerprint density at radius 2 is 1.29 bits per heavy atom. The lowest BCUT2D eigenvalue weighted by molar-refractivity contribution is -0.372. The summed E-state index contributed by atoms with van der Waals surface area (Å²) in [7, 11) is 0. The maximum atomic E-state index is 14.1. The van der Waals surface area contributed by atoms with E-state index < -0.39 is 91.4 Å². The number of imide groups is 1. The van der Waals surface area contributed by atoms with Crippen LogP contribution in [0.4, 0.5) is 0 Å². The normalized spacial score (nSPS) is 30.5. The molecule has 3 fully saturated rings. The van der Waals surface area contributed by atoms with Gasteiger partial charge in [0.2, 0.25) is 0 Å². The summed E-state index contributed by atoms with van der Waals surface area (Å²) in [6.45, 7) is 5.26. The lowest BCUT2D eigenvalue weighted by Gasteiger charge is -2.51. The van der Waals surface area contributed by atoms with Crippen LogP contribution in [0.15, 0.2) is 128 Å². The Kier molecular flexibility index (Phi) is 11.6. The minimum Gasteiger partial charge on any atom is -0.452 e. The topological polar surface area (TPSA) is 166 Å². The predicted octanol–water partition coefficient (Wildman–Crippen LogP) is 4.64. The zero-order chi connectivity index (χ0) is 40.3. The molecule has 0 radical (unpaired) electrons. The number of hydrogen-bond donors (Lipinski definition) is 1. The Labute approximate surface area is 333 Å². The first-order valence-corrected chi connectivity index (χ1v) is 18.9. The highest BCUT2D eigenvalue weighted by Crippen LogP contribution is 2.40. The molecule has 1 N–H and O–H groups in total. The van der Waals surface area contributed by atoms with Crippen molar-refractivity contribution in [1.29, 1.82) is 0 Å². The molecule has 300 valence electrons. The highest BCUT2D eigenvalue weighted by Gasteiger charge is 2.59. The third-order valence-electron chi connectivity index (χ3n) is 10.4. The van der Waals surface area contributed by atoms with Gasteiger partial charge in [-0.15, -0.1) is 6.58 Å². The Hall–Kier alpha value is -5.58. The van der Waals surface area contributed by atoms with Gasteiger partial charge in [-0.3, -0.25) is 14.5 Å². The number of rotatable bonds is 11. The van der Waals surface area contributed by atoms with E-state index in [1.54, 1.807) is 79.7 Å². The van der Waals surface area contributed by atoms with Crippen LogP contribution in [-0.2, 0) is 37.9 Å². The second kappa shape index (κ2) is 17.1. The van der Waals surface area contributed by atoms with E-state index >= 15 is 0 Å². The summed E-state index contributed by atoms with van der Waals surface area (Å²) in [4.78, 5) is 56.5. The van der Waals surface area contributed by atoms with Crippen LogP contribution in [0.3, 0.4) is 0 Å². The van der Waals surface area contributed by atoms with Crippen molar-refractivity contribution >= 4 is 23.8 Å². The van der Waals surface area contributed by atoms with Crippen LogP contribution in [0.25, 0.3) is 0 Å². The molecular weight excluding hydrogens is 750 g/mol. The van der Waals surface area contributed by atoms with Crippen molar-refractivity contribution in [1.82, 2.24) is 4.90 Å². The van der Waals surface area contributed by atoms with Crippen molar-refractivity contribution in [3.8, 4) is 0 Å². The van der Waals surface area contributed by atoms with Gasteiger partial charge in [-0.1, -0.05) is 84.9 Å². The summed E-state index contributed by atoms with van der Waals surface area (Å²) in [5, 5.41) is 12.3. The average Bonchev–Trinajstić information content (AvgIpc) is 3.51. The number of aliphatic hydroxyl groups is 1. The van der Waals surface area contributed by atoms with Gasteiger partial charge in [0.05, 0.1) is 41.6 Å². The second-order valence-electron chi connectivity index (χ2n) is 14.1. The van der Waals surface area contributed by atoms with Crippen molar-refractivity contribution in [2.24, 2.45) is 0 Å². The van der Waals surface area contributed by atoms with Gasteiger partial charge in [0.25, 0.3) is 11.8 Å². The maximum Gasteiger partial charge on any atom is 0.338 e. The number of fused-ring (bicyclic) bond motifs is 2. The van der Waals surface area contributed by atoms with Gasteiger partial charge in [-0.25, -0.2) is 9.59 Å². The van der Waals surface area contributed by atoms with E-state index in [9.17, 15) is 24.3 Å². The molecule has 0 saturated carbocycles. The first kappa shape index (κ1) is 39.3. The van der Waals surface area contributed by atoms with E-state index in [2.05, 4.69) is 6.58 Å². The van der Waals surface area contributed by atoms with Crippen molar-refractivity contribution < 1.29 is 62.2 Å². The lowest BCUT2D eigenvalue weighted by atomic mass is 9.93. The van der Waals surface area contributed by atoms with E-state index in [0.717, 1.165) is 4.90 Å².